The maximum absolute atomic E-state index is 13.4. The third-order valence-corrected chi connectivity index (χ3v) is 6.79. The summed E-state index contributed by atoms with van der Waals surface area (Å²) in [5.74, 6) is 2.42. The molecule has 1 atom stereocenters. The predicted molar refractivity (Wildman–Crippen MR) is 123 cm³/mol. The highest BCUT2D eigenvalue weighted by molar-refractivity contribution is 5.97. The number of nitrogens with zero attached hydrogens (tertiary/aromatic N) is 6. The van der Waals surface area contributed by atoms with Gasteiger partial charge in [-0.3, -0.25) is 9.69 Å². The van der Waals surface area contributed by atoms with Crippen LogP contribution in [0.3, 0.4) is 0 Å². The number of carbonyl (C=O) groups excluding carboxylic acids is 1. The van der Waals surface area contributed by atoms with E-state index in [1.165, 1.54) is 0 Å². The van der Waals surface area contributed by atoms with Gasteiger partial charge in [0.05, 0.1) is 31.6 Å². The number of ether oxygens (including phenoxy) is 4. The number of morpholine rings is 1. The molecule has 0 unspecified atom stereocenters. The first kappa shape index (κ1) is 21.8. The second kappa shape index (κ2) is 8.82. The quantitative estimate of drug-likeness (QED) is 0.551. The van der Waals surface area contributed by atoms with Gasteiger partial charge >= 0.3 is 0 Å². The Morgan fingerprint density at radius 1 is 1.14 bits per heavy atom. The topological polar surface area (TPSA) is 104 Å². The number of tetrazole rings is 1. The standard InChI is InChI=1S/C24H26N6O5/c1-28-8-7-15-13-18-21(35-14-34-18)22(32-2)19(15)20(28)23-25-26-27-30(23)17-6-4-3-5-16(17)24(31)29-9-11-33-12-10-29/h3-6,13,20H,7-12,14H2,1-2H3/t20-/m1/s1. The maximum atomic E-state index is 13.4. The first-order valence-corrected chi connectivity index (χ1v) is 11.6. The highest BCUT2D eigenvalue weighted by atomic mass is 16.7. The number of methoxy groups -OCH3 is 1. The summed E-state index contributed by atoms with van der Waals surface area (Å²) in [5, 5.41) is 12.8. The van der Waals surface area contributed by atoms with E-state index in [2.05, 4.69) is 20.4 Å². The Labute approximate surface area is 202 Å². The van der Waals surface area contributed by atoms with Gasteiger partial charge in [0.1, 0.15) is 6.04 Å². The lowest BCUT2D eigenvalue weighted by molar-refractivity contribution is 0.0303. The monoisotopic (exact) mass is 478 g/mol. The molecule has 3 aliphatic heterocycles. The fourth-order valence-corrected chi connectivity index (χ4v) is 5.07. The Balaban J connectivity index is 1.47. The molecule has 4 heterocycles. The van der Waals surface area contributed by atoms with Gasteiger partial charge in [-0.25, -0.2) is 0 Å². The highest BCUT2D eigenvalue weighted by Crippen LogP contribution is 2.50. The van der Waals surface area contributed by atoms with E-state index in [1.54, 1.807) is 16.7 Å². The lowest BCUT2D eigenvalue weighted by atomic mass is 9.90. The first-order chi connectivity index (χ1) is 17.2. The zero-order valence-corrected chi connectivity index (χ0v) is 19.6. The molecule has 35 heavy (non-hydrogen) atoms. The summed E-state index contributed by atoms with van der Waals surface area (Å²) >= 11 is 0. The van der Waals surface area contributed by atoms with Gasteiger partial charge < -0.3 is 23.8 Å². The minimum Gasteiger partial charge on any atom is -0.492 e. The normalized spacial score (nSPS) is 19.5. The SMILES string of the molecule is COc1c2c(cc3c1[C@H](c1nnnn1-c1ccccc1C(=O)N1CCOCC1)N(C)CC3)OCO2. The van der Waals surface area contributed by atoms with Crippen LogP contribution in [-0.4, -0.2) is 89.7 Å². The van der Waals surface area contributed by atoms with E-state index in [0.29, 0.717) is 60.6 Å². The van der Waals surface area contributed by atoms with Gasteiger partial charge in [0.2, 0.25) is 12.5 Å². The van der Waals surface area contributed by atoms with Crippen LogP contribution in [0.1, 0.15) is 33.4 Å². The van der Waals surface area contributed by atoms with Crippen LogP contribution >= 0.6 is 0 Å². The molecule has 1 aromatic heterocycles. The van der Waals surface area contributed by atoms with Crippen LogP contribution in [-0.2, 0) is 11.2 Å². The first-order valence-electron chi connectivity index (χ1n) is 11.6. The molecule has 0 aliphatic carbocycles. The minimum atomic E-state index is -0.315. The molecule has 0 spiro atoms. The van der Waals surface area contributed by atoms with Crippen LogP contribution in [0.25, 0.3) is 5.69 Å². The average molecular weight is 479 g/mol. The van der Waals surface area contributed by atoms with E-state index >= 15 is 0 Å². The largest absolute Gasteiger partial charge is 0.492 e. The van der Waals surface area contributed by atoms with Crippen molar-refractivity contribution in [2.75, 3.05) is 53.8 Å². The summed E-state index contributed by atoms with van der Waals surface area (Å²) in [7, 11) is 3.66. The summed E-state index contributed by atoms with van der Waals surface area (Å²) in [6.45, 7) is 3.12. The van der Waals surface area contributed by atoms with Crippen LogP contribution < -0.4 is 14.2 Å². The summed E-state index contributed by atoms with van der Waals surface area (Å²) in [6, 6.07) is 9.12. The van der Waals surface area contributed by atoms with Crippen molar-refractivity contribution in [1.29, 1.82) is 0 Å². The van der Waals surface area contributed by atoms with E-state index in [1.807, 2.05) is 37.4 Å². The number of benzene rings is 2. The predicted octanol–water partition coefficient (Wildman–Crippen LogP) is 1.45. The number of hydrogen-bond donors (Lipinski definition) is 0. The Morgan fingerprint density at radius 3 is 2.80 bits per heavy atom. The average Bonchev–Trinajstić information content (AvgIpc) is 3.57. The van der Waals surface area contributed by atoms with Crippen LogP contribution in [0.4, 0.5) is 0 Å². The number of hydrogen-bond acceptors (Lipinski definition) is 9. The molecule has 0 saturated carbocycles. The number of aromatic nitrogens is 4. The minimum absolute atomic E-state index is 0.0660. The van der Waals surface area contributed by atoms with Gasteiger partial charge in [-0.2, -0.15) is 4.68 Å². The van der Waals surface area contributed by atoms with Gasteiger partial charge in [0.15, 0.2) is 17.3 Å². The molecule has 1 saturated heterocycles. The lowest BCUT2D eigenvalue weighted by Crippen LogP contribution is -2.41. The fraction of sp³-hybridized carbons (Fsp3) is 0.417. The smallest absolute Gasteiger partial charge is 0.256 e. The molecule has 6 rings (SSSR count). The Morgan fingerprint density at radius 2 is 1.97 bits per heavy atom. The molecular formula is C24H26N6O5. The van der Waals surface area contributed by atoms with Gasteiger partial charge in [0.25, 0.3) is 5.91 Å². The number of carbonyl (C=O) groups is 1. The summed E-state index contributed by atoms with van der Waals surface area (Å²) in [6.07, 6.45) is 0.822. The lowest BCUT2D eigenvalue weighted by Gasteiger charge is -2.35. The zero-order chi connectivity index (χ0) is 23.9. The van der Waals surface area contributed by atoms with Gasteiger partial charge in [-0.1, -0.05) is 12.1 Å². The molecule has 1 fully saturated rings. The van der Waals surface area contributed by atoms with Crippen molar-refractivity contribution >= 4 is 5.91 Å². The van der Waals surface area contributed by atoms with E-state index in [9.17, 15) is 4.79 Å². The Hall–Kier alpha value is -3.70. The van der Waals surface area contributed by atoms with Crippen molar-refractivity contribution < 1.29 is 23.7 Å². The molecule has 182 valence electrons. The maximum Gasteiger partial charge on any atom is 0.256 e. The van der Waals surface area contributed by atoms with Crippen molar-refractivity contribution in [2.45, 2.75) is 12.5 Å². The van der Waals surface area contributed by atoms with Crippen LogP contribution in [0, 0.1) is 0 Å². The Kier molecular flexibility index (Phi) is 5.50. The number of rotatable bonds is 4. The molecule has 0 N–H and O–H groups in total. The second-order valence-corrected chi connectivity index (χ2v) is 8.72. The van der Waals surface area contributed by atoms with Crippen molar-refractivity contribution in [3.8, 4) is 22.9 Å². The molecule has 11 nitrogen and oxygen atoms in total. The third kappa shape index (κ3) is 3.58. The molecule has 1 amide bonds. The van der Waals surface area contributed by atoms with Gasteiger partial charge in [-0.05, 0) is 47.7 Å². The summed E-state index contributed by atoms with van der Waals surface area (Å²) < 4.78 is 24.3. The molecule has 3 aliphatic rings. The van der Waals surface area contributed by atoms with Crippen molar-refractivity contribution in [2.24, 2.45) is 0 Å². The van der Waals surface area contributed by atoms with E-state index in [0.717, 1.165) is 24.1 Å². The van der Waals surface area contributed by atoms with E-state index in [4.69, 9.17) is 18.9 Å². The molecule has 0 radical (unpaired) electrons. The van der Waals surface area contributed by atoms with Crippen LogP contribution in [0.2, 0.25) is 0 Å². The van der Waals surface area contributed by atoms with Crippen LogP contribution in [0.5, 0.6) is 17.2 Å². The summed E-state index contributed by atoms with van der Waals surface area (Å²) in [5.41, 5.74) is 3.21. The molecular weight excluding hydrogens is 452 g/mol. The van der Waals surface area contributed by atoms with Crippen molar-refractivity contribution in [3.05, 3.63) is 52.8 Å². The Bertz CT molecular complexity index is 1270. The number of likely N-dealkylation sites (N-methyl/N-ethyl adjacent to an activating group) is 1. The van der Waals surface area contributed by atoms with Crippen molar-refractivity contribution in [1.82, 2.24) is 30.0 Å². The molecule has 0 bridgehead atoms. The fourth-order valence-electron chi connectivity index (χ4n) is 5.07. The highest BCUT2D eigenvalue weighted by Gasteiger charge is 2.38. The molecule has 2 aromatic carbocycles. The van der Waals surface area contributed by atoms with Crippen molar-refractivity contribution in [3.63, 3.8) is 0 Å². The number of amides is 1. The van der Waals surface area contributed by atoms with E-state index in [-0.39, 0.29) is 18.7 Å². The van der Waals surface area contributed by atoms with Crippen LogP contribution in [0.15, 0.2) is 30.3 Å². The van der Waals surface area contributed by atoms with E-state index < -0.39 is 0 Å². The van der Waals surface area contributed by atoms with Gasteiger partial charge in [-0.15, -0.1) is 5.10 Å². The number of fused-ring (bicyclic) bond motifs is 2. The molecule has 3 aromatic rings. The van der Waals surface area contributed by atoms with Gasteiger partial charge in [0, 0.05) is 25.2 Å². The molecule has 11 heteroatoms. The zero-order valence-electron chi connectivity index (χ0n) is 19.6. The summed E-state index contributed by atoms with van der Waals surface area (Å²) in [4.78, 5) is 17.4. The second-order valence-electron chi connectivity index (χ2n) is 8.72. The third-order valence-electron chi connectivity index (χ3n) is 6.79. The number of para-hydroxylation sites is 1.